The third-order valence-corrected chi connectivity index (χ3v) is 3.32. The minimum atomic E-state index is -0.433. The number of amides is 1. The molecule has 112 valence electrons. The molecule has 0 radical (unpaired) electrons. The van der Waals surface area contributed by atoms with Gasteiger partial charge in [-0.15, -0.1) is 0 Å². The lowest BCUT2D eigenvalue weighted by atomic mass is 10.0. The van der Waals surface area contributed by atoms with Gasteiger partial charge < -0.3 is 16.0 Å². The fourth-order valence-corrected chi connectivity index (χ4v) is 1.97. The molecule has 1 rings (SSSR count). The van der Waals surface area contributed by atoms with E-state index < -0.39 is 6.04 Å². The first-order valence-electron chi connectivity index (χ1n) is 7.23. The maximum Gasteiger partial charge on any atom is 0.237 e. The lowest BCUT2D eigenvalue weighted by Crippen LogP contribution is -2.45. The van der Waals surface area contributed by atoms with Crippen LogP contribution >= 0.6 is 0 Å². The third kappa shape index (κ3) is 6.68. The standard InChI is InChI=1S/C16H27N3O/c1-13(11-12-19(2)3)18-16(20)15(17)10-9-14-7-5-4-6-8-14/h4-8,13,15H,9-12,17H2,1-3H3,(H,18,20)/t13?,15-/m0/s1. The highest BCUT2D eigenvalue weighted by molar-refractivity contribution is 5.81. The van der Waals surface area contributed by atoms with E-state index in [-0.39, 0.29) is 11.9 Å². The number of carbonyl (C=O) groups is 1. The van der Waals surface area contributed by atoms with Crippen LogP contribution in [0.2, 0.25) is 0 Å². The zero-order valence-corrected chi connectivity index (χ0v) is 12.8. The average molecular weight is 277 g/mol. The van der Waals surface area contributed by atoms with E-state index in [4.69, 9.17) is 5.73 Å². The van der Waals surface area contributed by atoms with E-state index in [9.17, 15) is 4.79 Å². The lowest BCUT2D eigenvalue weighted by Gasteiger charge is -2.19. The normalized spacial score (nSPS) is 14.1. The molecule has 3 N–H and O–H groups in total. The molecular formula is C16H27N3O. The van der Waals surface area contributed by atoms with Crippen LogP contribution in [0.5, 0.6) is 0 Å². The molecule has 4 nitrogen and oxygen atoms in total. The van der Waals surface area contributed by atoms with Crippen LogP contribution < -0.4 is 11.1 Å². The first-order chi connectivity index (χ1) is 9.49. The Labute approximate surface area is 122 Å². The minimum absolute atomic E-state index is 0.0489. The fourth-order valence-electron chi connectivity index (χ4n) is 1.97. The molecule has 0 bridgehead atoms. The van der Waals surface area contributed by atoms with Crippen molar-refractivity contribution in [3.8, 4) is 0 Å². The molecule has 0 aliphatic carbocycles. The Morgan fingerprint density at radius 1 is 1.25 bits per heavy atom. The van der Waals surface area contributed by atoms with Crippen molar-refractivity contribution in [2.45, 2.75) is 38.3 Å². The summed E-state index contributed by atoms with van der Waals surface area (Å²) in [4.78, 5) is 14.1. The van der Waals surface area contributed by atoms with E-state index in [0.29, 0.717) is 6.42 Å². The Morgan fingerprint density at radius 2 is 1.90 bits per heavy atom. The van der Waals surface area contributed by atoms with E-state index in [1.807, 2.05) is 39.2 Å². The molecule has 1 amide bonds. The van der Waals surface area contributed by atoms with Crippen molar-refractivity contribution in [1.29, 1.82) is 0 Å². The van der Waals surface area contributed by atoms with Crippen molar-refractivity contribution in [2.24, 2.45) is 5.73 Å². The van der Waals surface area contributed by atoms with E-state index in [1.54, 1.807) is 0 Å². The van der Waals surface area contributed by atoms with Crippen molar-refractivity contribution in [3.63, 3.8) is 0 Å². The van der Waals surface area contributed by atoms with Crippen LogP contribution in [0, 0.1) is 0 Å². The molecule has 1 unspecified atom stereocenters. The smallest absolute Gasteiger partial charge is 0.237 e. The maximum atomic E-state index is 12.0. The van der Waals surface area contributed by atoms with Gasteiger partial charge in [0.05, 0.1) is 6.04 Å². The largest absolute Gasteiger partial charge is 0.352 e. The Hall–Kier alpha value is -1.39. The van der Waals surface area contributed by atoms with E-state index in [1.165, 1.54) is 5.56 Å². The molecular weight excluding hydrogens is 250 g/mol. The molecule has 0 aromatic heterocycles. The summed E-state index contributed by atoms with van der Waals surface area (Å²) < 4.78 is 0. The lowest BCUT2D eigenvalue weighted by molar-refractivity contribution is -0.123. The summed E-state index contributed by atoms with van der Waals surface area (Å²) in [5.74, 6) is -0.0489. The van der Waals surface area contributed by atoms with Gasteiger partial charge in [0.2, 0.25) is 5.91 Å². The predicted molar refractivity (Wildman–Crippen MR) is 83.5 cm³/mol. The summed E-state index contributed by atoms with van der Waals surface area (Å²) >= 11 is 0. The van der Waals surface area contributed by atoms with Crippen LogP contribution in [-0.2, 0) is 11.2 Å². The van der Waals surface area contributed by atoms with E-state index in [0.717, 1.165) is 19.4 Å². The SMILES string of the molecule is CC(CCN(C)C)NC(=O)[C@@H](N)CCc1ccccc1. The van der Waals surface area contributed by atoms with Gasteiger partial charge in [-0.2, -0.15) is 0 Å². The van der Waals surface area contributed by atoms with Crippen LogP contribution in [0.4, 0.5) is 0 Å². The number of rotatable bonds is 8. The number of nitrogens with zero attached hydrogens (tertiary/aromatic N) is 1. The second-order valence-electron chi connectivity index (χ2n) is 5.63. The first-order valence-corrected chi connectivity index (χ1v) is 7.23. The topological polar surface area (TPSA) is 58.4 Å². The van der Waals surface area contributed by atoms with Gasteiger partial charge in [0.25, 0.3) is 0 Å². The number of hydrogen-bond donors (Lipinski definition) is 2. The Morgan fingerprint density at radius 3 is 2.50 bits per heavy atom. The number of hydrogen-bond acceptors (Lipinski definition) is 3. The van der Waals surface area contributed by atoms with E-state index >= 15 is 0 Å². The van der Waals surface area contributed by atoms with Crippen molar-refractivity contribution in [2.75, 3.05) is 20.6 Å². The minimum Gasteiger partial charge on any atom is -0.352 e. The number of benzene rings is 1. The molecule has 0 aliphatic heterocycles. The van der Waals surface area contributed by atoms with Gasteiger partial charge in [0, 0.05) is 6.04 Å². The van der Waals surface area contributed by atoms with Gasteiger partial charge in [-0.05, 0) is 52.4 Å². The summed E-state index contributed by atoms with van der Waals surface area (Å²) in [5.41, 5.74) is 7.17. The highest BCUT2D eigenvalue weighted by Crippen LogP contribution is 2.04. The summed E-state index contributed by atoms with van der Waals surface area (Å²) in [6.07, 6.45) is 2.45. The Bertz CT molecular complexity index is 392. The van der Waals surface area contributed by atoms with Crippen molar-refractivity contribution in [3.05, 3.63) is 35.9 Å². The molecule has 2 atom stereocenters. The molecule has 0 spiro atoms. The number of aryl methyl sites for hydroxylation is 1. The van der Waals surface area contributed by atoms with Gasteiger partial charge >= 0.3 is 0 Å². The average Bonchev–Trinajstić information content (AvgIpc) is 2.43. The Balaban J connectivity index is 2.28. The second kappa shape index (κ2) is 8.72. The van der Waals surface area contributed by atoms with E-state index in [2.05, 4.69) is 22.3 Å². The first kappa shape index (κ1) is 16.7. The monoisotopic (exact) mass is 277 g/mol. The van der Waals surface area contributed by atoms with Crippen LogP contribution in [0.1, 0.15) is 25.3 Å². The molecule has 1 aromatic carbocycles. The maximum absolute atomic E-state index is 12.0. The van der Waals surface area contributed by atoms with Crippen LogP contribution in [0.3, 0.4) is 0 Å². The third-order valence-electron chi connectivity index (χ3n) is 3.32. The quantitative estimate of drug-likeness (QED) is 0.755. The molecule has 0 saturated heterocycles. The molecule has 0 heterocycles. The second-order valence-corrected chi connectivity index (χ2v) is 5.63. The zero-order valence-electron chi connectivity index (χ0n) is 12.8. The molecule has 0 fully saturated rings. The van der Waals surface area contributed by atoms with Crippen molar-refractivity contribution >= 4 is 5.91 Å². The van der Waals surface area contributed by atoms with Crippen LogP contribution in [-0.4, -0.2) is 43.5 Å². The van der Waals surface area contributed by atoms with Crippen LogP contribution in [0.25, 0.3) is 0 Å². The number of nitrogens with two attached hydrogens (primary N) is 1. The van der Waals surface area contributed by atoms with Gasteiger partial charge in [0.1, 0.15) is 0 Å². The Kier molecular flexibility index (Phi) is 7.26. The molecule has 0 aliphatic rings. The van der Waals surface area contributed by atoms with Gasteiger partial charge in [0.15, 0.2) is 0 Å². The fraction of sp³-hybridized carbons (Fsp3) is 0.562. The summed E-state index contributed by atoms with van der Waals surface area (Å²) in [7, 11) is 4.06. The zero-order chi connectivity index (χ0) is 15.0. The van der Waals surface area contributed by atoms with Crippen molar-refractivity contribution in [1.82, 2.24) is 10.2 Å². The van der Waals surface area contributed by atoms with Gasteiger partial charge in [-0.25, -0.2) is 0 Å². The molecule has 20 heavy (non-hydrogen) atoms. The molecule has 0 saturated carbocycles. The van der Waals surface area contributed by atoms with Gasteiger partial charge in [-0.1, -0.05) is 30.3 Å². The highest BCUT2D eigenvalue weighted by atomic mass is 16.2. The summed E-state index contributed by atoms with van der Waals surface area (Å²) in [6, 6.07) is 9.84. The summed E-state index contributed by atoms with van der Waals surface area (Å²) in [5, 5.41) is 2.98. The van der Waals surface area contributed by atoms with Crippen molar-refractivity contribution < 1.29 is 4.79 Å². The van der Waals surface area contributed by atoms with Gasteiger partial charge in [-0.3, -0.25) is 4.79 Å². The number of carbonyl (C=O) groups excluding carboxylic acids is 1. The number of nitrogens with one attached hydrogen (secondary N) is 1. The summed E-state index contributed by atoms with van der Waals surface area (Å²) in [6.45, 7) is 2.98. The highest BCUT2D eigenvalue weighted by Gasteiger charge is 2.15. The molecule has 1 aromatic rings. The molecule has 4 heteroatoms. The predicted octanol–water partition coefficient (Wildman–Crippen LogP) is 1.40. The van der Waals surface area contributed by atoms with Crippen LogP contribution in [0.15, 0.2) is 30.3 Å².